The van der Waals surface area contributed by atoms with E-state index in [0.717, 1.165) is 36.4 Å². The highest BCUT2D eigenvalue weighted by Crippen LogP contribution is 2.35. The van der Waals surface area contributed by atoms with Gasteiger partial charge < -0.3 is 15.0 Å². The average molecular weight is 444 g/mol. The number of hydrogen-bond donors (Lipinski definition) is 1. The van der Waals surface area contributed by atoms with Crippen molar-refractivity contribution in [2.75, 3.05) is 38.6 Å². The molecule has 31 heavy (non-hydrogen) atoms. The van der Waals surface area contributed by atoms with Crippen molar-refractivity contribution in [2.45, 2.75) is 32.7 Å². The van der Waals surface area contributed by atoms with Crippen LogP contribution in [0.5, 0.6) is 0 Å². The highest BCUT2D eigenvalue weighted by atomic mass is 32.1. The molecule has 2 aromatic rings. The van der Waals surface area contributed by atoms with Crippen LogP contribution in [0.2, 0.25) is 0 Å². The summed E-state index contributed by atoms with van der Waals surface area (Å²) < 4.78 is 5.18. The predicted molar refractivity (Wildman–Crippen MR) is 122 cm³/mol. The third-order valence-electron chi connectivity index (χ3n) is 5.49. The lowest BCUT2D eigenvalue weighted by molar-refractivity contribution is -0.130. The summed E-state index contributed by atoms with van der Waals surface area (Å²) >= 11 is 1.31. The van der Waals surface area contributed by atoms with E-state index in [0.29, 0.717) is 10.6 Å². The molecule has 7 nitrogen and oxygen atoms in total. The molecule has 8 heteroatoms. The van der Waals surface area contributed by atoms with E-state index in [-0.39, 0.29) is 31.0 Å². The summed E-state index contributed by atoms with van der Waals surface area (Å²) in [5.41, 5.74) is 1.47. The van der Waals surface area contributed by atoms with Gasteiger partial charge in [-0.2, -0.15) is 0 Å². The predicted octanol–water partition coefficient (Wildman–Crippen LogP) is 3.47. The van der Waals surface area contributed by atoms with E-state index in [1.54, 1.807) is 18.7 Å². The second-order valence-corrected chi connectivity index (χ2v) is 8.68. The van der Waals surface area contributed by atoms with Gasteiger partial charge in [0.25, 0.3) is 0 Å². The third-order valence-corrected chi connectivity index (χ3v) is 6.66. The molecule has 1 fully saturated rings. The molecule has 0 aliphatic carbocycles. The second kappa shape index (κ2) is 10.5. The fourth-order valence-electron chi connectivity index (χ4n) is 3.69. The molecule has 0 spiro atoms. The molecule has 0 atom stereocenters. The molecule has 1 N–H and O–H groups in total. The van der Waals surface area contributed by atoms with Gasteiger partial charge in [0.2, 0.25) is 11.8 Å². The molecular weight excluding hydrogens is 414 g/mol. The molecule has 2 heterocycles. The van der Waals surface area contributed by atoms with Crippen molar-refractivity contribution >= 4 is 34.8 Å². The number of carbonyl (C=O) groups is 3. The van der Waals surface area contributed by atoms with Gasteiger partial charge >= 0.3 is 5.97 Å². The minimum Gasteiger partial charge on any atom is -0.462 e. The van der Waals surface area contributed by atoms with Crippen LogP contribution in [0.3, 0.4) is 0 Å². The van der Waals surface area contributed by atoms with Crippen molar-refractivity contribution < 1.29 is 19.1 Å². The van der Waals surface area contributed by atoms with Crippen LogP contribution in [0.15, 0.2) is 36.4 Å². The molecule has 1 aliphatic heterocycles. The number of nitrogens with one attached hydrogen (secondary N) is 1. The van der Waals surface area contributed by atoms with Gasteiger partial charge in [0, 0.05) is 38.0 Å². The SMILES string of the molecule is CCOC(=O)c1sc(-c2ccccc2)cc1NC(=O)CN1CCC(N(C)C(C)=O)CC1. The number of hydrogen-bond acceptors (Lipinski definition) is 6. The van der Waals surface area contributed by atoms with E-state index in [1.165, 1.54) is 11.3 Å². The first-order chi connectivity index (χ1) is 14.9. The van der Waals surface area contributed by atoms with Gasteiger partial charge in [-0.1, -0.05) is 30.3 Å². The molecule has 166 valence electrons. The lowest BCUT2D eigenvalue weighted by atomic mass is 10.0. The Bertz CT molecular complexity index is 920. The normalized spacial score (nSPS) is 14.8. The summed E-state index contributed by atoms with van der Waals surface area (Å²) in [5.74, 6) is -0.534. The van der Waals surface area contributed by atoms with Crippen LogP contribution in [0, 0.1) is 0 Å². The Morgan fingerprint density at radius 1 is 1.19 bits per heavy atom. The maximum atomic E-state index is 12.7. The maximum absolute atomic E-state index is 12.7. The van der Waals surface area contributed by atoms with Crippen LogP contribution in [0.1, 0.15) is 36.4 Å². The molecule has 1 aromatic carbocycles. The first-order valence-corrected chi connectivity index (χ1v) is 11.3. The van der Waals surface area contributed by atoms with E-state index >= 15 is 0 Å². The van der Waals surface area contributed by atoms with E-state index in [9.17, 15) is 14.4 Å². The maximum Gasteiger partial charge on any atom is 0.350 e. The fraction of sp³-hybridized carbons (Fsp3) is 0.435. The smallest absolute Gasteiger partial charge is 0.350 e. The third kappa shape index (κ3) is 5.92. The number of carbonyl (C=O) groups excluding carboxylic acids is 3. The molecule has 1 saturated heterocycles. The lowest BCUT2D eigenvalue weighted by Gasteiger charge is -2.36. The highest BCUT2D eigenvalue weighted by Gasteiger charge is 2.26. The highest BCUT2D eigenvalue weighted by molar-refractivity contribution is 7.18. The van der Waals surface area contributed by atoms with Crippen LogP contribution in [-0.4, -0.2) is 66.9 Å². The topological polar surface area (TPSA) is 79.0 Å². The summed E-state index contributed by atoms with van der Waals surface area (Å²) in [7, 11) is 1.83. The number of thiophene rings is 1. The minimum atomic E-state index is -0.432. The van der Waals surface area contributed by atoms with Crippen molar-refractivity contribution in [2.24, 2.45) is 0 Å². The first kappa shape index (κ1) is 23.0. The number of amides is 2. The van der Waals surface area contributed by atoms with Crippen LogP contribution < -0.4 is 5.32 Å². The van der Waals surface area contributed by atoms with Crippen molar-refractivity contribution in [3.05, 3.63) is 41.3 Å². The van der Waals surface area contributed by atoms with Gasteiger partial charge in [-0.3, -0.25) is 14.5 Å². The number of nitrogens with zero attached hydrogens (tertiary/aromatic N) is 2. The number of likely N-dealkylation sites (tertiary alicyclic amines) is 1. The Morgan fingerprint density at radius 3 is 2.48 bits per heavy atom. The number of rotatable bonds is 7. The molecule has 3 rings (SSSR count). The van der Waals surface area contributed by atoms with Gasteiger partial charge in [-0.25, -0.2) is 4.79 Å². The number of benzene rings is 1. The Morgan fingerprint density at radius 2 is 1.87 bits per heavy atom. The molecule has 1 aromatic heterocycles. The number of esters is 1. The Labute approximate surface area is 187 Å². The number of anilines is 1. The number of ether oxygens (including phenoxy) is 1. The largest absolute Gasteiger partial charge is 0.462 e. The van der Waals surface area contributed by atoms with Gasteiger partial charge in [0.05, 0.1) is 18.8 Å². The zero-order valence-electron chi connectivity index (χ0n) is 18.2. The van der Waals surface area contributed by atoms with E-state index in [4.69, 9.17) is 4.74 Å². The van der Waals surface area contributed by atoms with Crippen molar-refractivity contribution in [1.82, 2.24) is 9.80 Å². The van der Waals surface area contributed by atoms with Crippen molar-refractivity contribution in [1.29, 1.82) is 0 Å². The van der Waals surface area contributed by atoms with Crippen LogP contribution in [0.25, 0.3) is 10.4 Å². The van der Waals surface area contributed by atoms with Crippen molar-refractivity contribution in [3.8, 4) is 10.4 Å². The molecular formula is C23H29N3O4S. The standard InChI is InChI=1S/C23H29N3O4S/c1-4-30-23(29)22-19(14-20(31-22)17-8-6-5-7-9-17)24-21(28)15-26-12-10-18(11-13-26)25(3)16(2)27/h5-9,14,18H,4,10-13,15H2,1-3H3,(H,24,28). The molecule has 2 amide bonds. The van der Waals surface area contributed by atoms with Crippen LogP contribution >= 0.6 is 11.3 Å². The molecule has 0 bridgehead atoms. The lowest BCUT2D eigenvalue weighted by Crippen LogP contribution is -2.46. The Hall–Kier alpha value is -2.71. The zero-order chi connectivity index (χ0) is 22.4. The zero-order valence-corrected chi connectivity index (χ0v) is 19.0. The van der Waals surface area contributed by atoms with Gasteiger partial charge in [-0.15, -0.1) is 11.3 Å². The monoisotopic (exact) mass is 443 g/mol. The minimum absolute atomic E-state index is 0.0642. The van der Waals surface area contributed by atoms with Gasteiger partial charge in [-0.05, 0) is 31.4 Å². The molecule has 0 unspecified atom stereocenters. The summed E-state index contributed by atoms with van der Waals surface area (Å²) in [6.07, 6.45) is 1.68. The average Bonchev–Trinajstić information content (AvgIpc) is 3.18. The Kier molecular flexibility index (Phi) is 7.81. The van der Waals surface area contributed by atoms with E-state index in [2.05, 4.69) is 10.2 Å². The van der Waals surface area contributed by atoms with E-state index in [1.807, 2.05) is 43.4 Å². The molecule has 1 aliphatic rings. The van der Waals surface area contributed by atoms with Gasteiger partial charge in [0.15, 0.2) is 0 Å². The summed E-state index contributed by atoms with van der Waals surface area (Å²) in [4.78, 5) is 41.9. The first-order valence-electron chi connectivity index (χ1n) is 10.5. The second-order valence-electron chi connectivity index (χ2n) is 7.63. The van der Waals surface area contributed by atoms with Crippen LogP contribution in [0.4, 0.5) is 5.69 Å². The Balaban J connectivity index is 1.66. The summed E-state index contributed by atoms with van der Waals surface area (Å²) in [5, 5.41) is 2.90. The number of piperidine rings is 1. The van der Waals surface area contributed by atoms with Crippen LogP contribution in [-0.2, 0) is 14.3 Å². The quantitative estimate of drug-likeness (QED) is 0.663. The summed E-state index contributed by atoms with van der Waals surface area (Å²) in [6.45, 7) is 5.35. The molecule has 0 saturated carbocycles. The molecule has 0 radical (unpaired) electrons. The summed E-state index contributed by atoms with van der Waals surface area (Å²) in [6, 6.07) is 11.8. The van der Waals surface area contributed by atoms with Crippen molar-refractivity contribution in [3.63, 3.8) is 0 Å². The van der Waals surface area contributed by atoms with Gasteiger partial charge in [0.1, 0.15) is 4.88 Å². The fourth-order valence-corrected chi connectivity index (χ4v) is 4.70. The van der Waals surface area contributed by atoms with E-state index < -0.39 is 5.97 Å².